The van der Waals surface area contributed by atoms with Crippen LogP contribution < -0.4 is 5.32 Å². The molecule has 0 aliphatic carbocycles. The van der Waals surface area contributed by atoms with E-state index in [0.29, 0.717) is 5.41 Å². The number of hydrogen-bond donors (Lipinski definition) is 1. The average molecular weight is 349 g/mol. The van der Waals surface area contributed by atoms with E-state index in [0.717, 1.165) is 16.8 Å². The molecule has 0 fully saturated rings. The van der Waals surface area contributed by atoms with Crippen molar-refractivity contribution in [3.8, 4) is 0 Å². The molecule has 2 nitrogen and oxygen atoms in total. The quantitative estimate of drug-likeness (QED) is 0.619. The minimum absolute atomic E-state index is 0.297. The molecule has 0 unspecified atom stereocenters. The number of fused-ring (bicyclic) bond motifs is 1. The Labute approximate surface area is 136 Å². The summed E-state index contributed by atoms with van der Waals surface area (Å²) in [5, 5.41) is 5.93. The first-order valence-electron chi connectivity index (χ1n) is 7.80. The molecule has 0 amide bonds. The maximum Gasteiger partial charge on any atom is 0.133 e. The number of rotatable bonds is 7. The van der Waals surface area contributed by atoms with Crippen molar-refractivity contribution in [1.29, 1.82) is 0 Å². The lowest BCUT2D eigenvalue weighted by atomic mass is 9.87. The van der Waals surface area contributed by atoms with Crippen LogP contribution in [0.15, 0.2) is 34.9 Å². The second-order valence-corrected chi connectivity index (χ2v) is 7.32. The lowest BCUT2D eigenvalue weighted by molar-refractivity contribution is 0.342. The average Bonchev–Trinajstić information content (AvgIpc) is 2.46. The molecule has 21 heavy (non-hydrogen) atoms. The number of hydrogen-bond acceptors (Lipinski definition) is 2. The molecule has 0 atom stereocenters. The molecule has 1 aromatic carbocycles. The van der Waals surface area contributed by atoms with Gasteiger partial charge in [-0.05, 0) is 24.0 Å². The van der Waals surface area contributed by atoms with Gasteiger partial charge in [-0.2, -0.15) is 0 Å². The molecule has 0 aliphatic heterocycles. The standard InChI is InChI=1S/C18H25BrN2/c1-4-5-6-11-18(2,3)13-21-17-15-8-7-9-16(19)14(15)10-12-20-17/h7-10,12H,4-6,11,13H2,1-3H3,(H,20,21). The Morgan fingerprint density at radius 2 is 1.95 bits per heavy atom. The molecule has 2 rings (SSSR count). The van der Waals surface area contributed by atoms with E-state index in [9.17, 15) is 0 Å². The van der Waals surface area contributed by atoms with E-state index in [-0.39, 0.29) is 0 Å². The SMILES string of the molecule is CCCCCC(C)(C)CNc1nccc2c(Br)cccc12. The minimum atomic E-state index is 0.297. The number of halogens is 1. The van der Waals surface area contributed by atoms with E-state index in [4.69, 9.17) is 0 Å². The van der Waals surface area contributed by atoms with Crippen molar-refractivity contribution in [3.05, 3.63) is 34.9 Å². The largest absolute Gasteiger partial charge is 0.369 e. The predicted molar refractivity (Wildman–Crippen MR) is 95.9 cm³/mol. The molecule has 1 heterocycles. The lowest BCUT2D eigenvalue weighted by Crippen LogP contribution is -2.23. The second-order valence-electron chi connectivity index (χ2n) is 6.47. The van der Waals surface area contributed by atoms with Crippen LogP contribution in [-0.4, -0.2) is 11.5 Å². The third-order valence-corrected chi connectivity index (χ3v) is 4.64. The van der Waals surface area contributed by atoms with Crippen LogP contribution in [0, 0.1) is 5.41 Å². The first-order valence-corrected chi connectivity index (χ1v) is 8.60. The molecule has 0 aliphatic rings. The molecular formula is C18H25BrN2. The highest BCUT2D eigenvalue weighted by Gasteiger charge is 2.17. The van der Waals surface area contributed by atoms with Gasteiger partial charge in [0.2, 0.25) is 0 Å². The molecule has 3 heteroatoms. The zero-order valence-electron chi connectivity index (χ0n) is 13.2. The summed E-state index contributed by atoms with van der Waals surface area (Å²) in [7, 11) is 0. The van der Waals surface area contributed by atoms with Crippen molar-refractivity contribution in [2.45, 2.75) is 46.5 Å². The van der Waals surface area contributed by atoms with Gasteiger partial charge >= 0.3 is 0 Å². The summed E-state index contributed by atoms with van der Waals surface area (Å²) in [5.41, 5.74) is 0.297. The number of benzene rings is 1. The van der Waals surface area contributed by atoms with Gasteiger partial charge in [-0.1, -0.05) is 68.1 Å². The predicted octanol–water partition coefficient (Wildman–Crippen LogP) is 6.02. The molecule has 1 N–H and O–H groups in total. The minimum Gasteiger partial charge on any atom is -0.369 e. The van der Waals surface area contributed by atoms with Crippen molar-refractivity contribution in [3.63, 3.8) is 0 Å². The van der Waals surface area contributed by atoms with Gasteiger partial charge in [0.05, 0.1) is 0 Å². The van der Waals surface area contributed by atoms with Crippen LogP contribution in [0.2, 0.25) is 0 Å². The molecule has 0 saturated heterocycles. The van der Waals surface area contributed by atoms with Crippen molar-refractivity contribution in [2.75, 3.05) is 11.9 Å². The number of unbranched alkanes of at least 4 members (excludes halogenated alkanes) is 2. The van der Waals surface area contributed by atoms with Crippen LogP contribution in [0.3, 0.4) is 0 Å². The zero-order valence-corrected chi connectivity index (χ0v) is 14.8. The second kappa shape index (κ2) is 7.26. The third kappa shape index (κ3) is 4.44. The van der Waals surface area contributed by atoms with E-state index >= 15 is 0 Å². The smallest absolute Gasteiger partial charge is 0.133 e. The number of nitrogens with one attached hydrogen (secondary N) is 1. The molecule has 1 aromatic heterocycles. The Morgan fingerprint density at radius 1 is 1.14 bits per heavy atom. The number of nitrogens with zero attached hydrogens (tertiary/aromatic N) is 1. The van der Waals surface area contributed by atoms with Gasteiger partial charge in [-0.25, -0.2) is 4.98 Å². The van der Waals surface area contributed by atoms with Crippen molar-refractivity contribution in [2.24, 2.45) is 5.41 Å². The molecule has 114 valence electrons. The number of anilines is 1. The highest BCUT2D eigenvalue weighted by molar-refractivity contribution is 9.10. The molecule has 2 aromatic rings. The summed E-state index contributed by atoms with van der Waals surface area (Å²) in [4.78, 5) is 4.52. The summed E-state index contributed by atoms with van der Waals surface area (Å²) in [5.74, 6) is 0.984. The van der Waals surface area contributed by atoms with Gasteiger partial charge in [0, 0.05) is 28.0 Å². The van der Waals surface area contributed by atoms with Gasteiger partial charge in [0.1, 0.15) is 5.82 Å². The van der Waals surface area contributed by atoms with Crippen LogP contribution >= 0.6 is 15.9 Å². The van der Waals surface area contributed by atoms with Crippen LogP contribution in [-0.2, 0) is 0 Å². The molecular weight excluding hydrogens is 324 g/mol. The third-order valence-electron chi connectivity index (χ3n) is 3.94. The van der Waals surface area contributed by atoms with Crippen molar-refractivity contribution >= 4 is 32.5 Å². The Bertz CT molecular complexity index is 593. The van der Waals surface area contributed by atoms with Crippen LogP contribution in [0.4, 0.5) is 5.82 Å². The van der Waals surface area contributed by atoms with E-state index in [1.165, 1.54) is 36.5 Å². The number of aromatic nitrogens is 1. The number of pyridine rings is 1. The lowest BCUT2D eigenvalue weighted by Gasteiger charge is -2.25. The Morgan fingerprint density at radius 3 is 2.71 bits per heavy atom. The molecule has 0 spiro atoms. The van der Waals surface area contributed by atoms with Gasteiger partial charge < -0.3 is 5.32 Å². The van der Waals surface area contributed by atoms with E-state index in [1.807, 2.05) is 6.20 Å². The van der Waals surface area contributed by atoms with Crippen LogP contribution in [0.25, 0.3) is 10.8 Å². The molecule has 0 saturated carbocycles. The normalized spacial score (nSPS) is 11.8. The first kappa shape index (κ1) is 16.3. The zero-order chi connectivity index (χ0) is 15.3. The summed E-state index contributed by atoms with van der Waals surface area (Å²) in [6.07, 6.45) is 7.03. The van der Waals surface area contributed by atoms with Gasteiger partial charge in [0.25, 0.3) is 0 Å². The highest BCUT2D eigenvalue weighted by Crippen LogP contribution is 2.29. The molecule has 0 bridgehead atoms. The fraction of sp³-hybridized carbons (Fsp3) is 0.500. The Hall–Kier alpha value is -1.09. The summed E-state index contributed by atoms with van der Waals surface area (Å²) >= 11 is 3.61. The fourth-order valence-electron chi connectivity index (χ4n) is 2.57. The van der Waals surface area contributed by atoms with Crippen molar-refractivity contribution in [1.82, 2.24) is 4.98 Å². The Kier molecular flexibility index (Phi) is 5.63. The fourth-order valence-corrected chi connectivity index (χ4v) is 3.07. The first-order chi connectivity index (χ1) is 10.0. The van der Waals surface area contributed by atoms with E-state index in [1.54, 1.807) is 0 Å². The maximum atomic E-state index is 4.52. The van der Waals surface area contributed by atoms with Crippen LogP contribution in [0.1, 0.15) is 46.5 Å². The topological polar surface area (TPSA) is 24.9 Å². The highest BCUT2D eigenvalue weighted by atomic mass is 79.9. The summed E-state index contributed by atoms with van der Waals surface area (Å²) in [6.45, 7) is 7.87. The van der Waals surface area contributed by atoms with E-state index < -0.39 is 0 Å². The van der Waals surface area contributed by atoms with Gasteiger partial charge in [-0.15, -0.1) is 0 Å². The van der Waals surface area contributed by atoms with E-state index in [2.05, 4.69) is 71.3 Å². The van der Waals surface area contributed by atoms with Crippen LogP contribution in [0.5, 0.6) is 0 Å². The van der Waals surface area contributed by atoms with Crippen molar-refractivity contribution < 1.29 is 0 Å². The van der Waals surface area contributed by atoms with Gasteiger partial charge in [0.15, 0.2) is 0 Å². The Balaban J connectivity index is 2.08. The summed E-state index contributed by atoms with van der Waals surface area (Å²) in [6, 6.07) is 8.31. The monoisotopic (exact) mass is 348 g/mol. The van der Waals surface area contributed by atoms with Gasteiger partial charge in [-0.3, -0.25) is 0 Å². The molecule has 0 radical (unpaired) electrons. The summed E-state index contributed by atoms with van der Waals surface area (Å²) < 4.78 is 1.12. The maximum absolute atomic E-state index is 4.52.